The Morgan fingerprint density at radius 3 is 2.61 bits per heavy atom. The molecule has 33 heavy (non-hydrogen) atoms. The number of aromatic nitrogens is 1. The van der Waals surface area contributed by atoms with Crippen molar-refractivity contribution in [3.8, 4) is 5.75 Å². The van der Waals surface area contributed by atoms with Crippen LogP contribution in [0.3, 0.4) is 0 Å². The standard InChI is InChI=1S/C28H27ClN2O2/c29-23-10-5-11-24-26(23)22-15-28(33)18-31(17-19-6-2-1-3-7-19)13-12-27(28,16-25(22)30-24)20-8-4-9-21(32)14-20/h1-11,14,30,32-33H,12-13,15-18H2/t27-,28-/m0/s1. The Hall–Kier alpha value is -2.79. The van der Waals surface area contributed by atoms with Crippen molar-refractivity contribution in [3.63, 3.8) is 0 Å². The van der Waals surface area contributed by atoms with E-state index in [2.05, 4.69) is 46.3 Å². The molecule has 2 heterocycles. The van der Waals surface area contributed by atoms with Gasteiger partial charge in [-0.05, 0) is 53.9 Å². The van der Waals surface area contributed by atoms with Crippen molar-refractivity contribution >= 4 is 22.5 Å². The van der Waals surface area contributed by atoms with Crippen molar-refractivity contribution in [3.05, 3.63) is 100 Å². The number of benzene rings is 3. The number of hydrogen-bond donors (Lipinski definition) is 3. The zero-order valence-corrected chi connectivity index (χ0v) is 19.1. The van der Waals surface area contributed by atoms with E-state index in [1.807, 2.05) is 30.3 Å². The number of aromatic amines is 1. The lowest BCUT2D eigenvalue weighted by Gasteiger charge is -2.56. The Kier molecular flexibility index (Phi) is 4.80. The van der Waals surface area contributed by atoms with E-state index in [9.17, 15) is 10.2 Å². The lowest BCUT2D eigenvalue weighted by atomic mass is 9.56. The van der Waals surface area contributed by atoms with Gasteiger partial charge in [0.25, 0.3) is 0 Å². The van der Waals surface area contributed by atoms with Gasteiger partial charge in [0.05, 0.1) is 10.6 Å². The van der Waals surface area contributed by atoms with E-state index in [1.165, 1.54) is 5.56 Å². The monoisotopic (exact) mass is 458 g/mol. The van der Waals surface area contributed by atoms with Gasteiger partial charge in [0.2, 0.25) is 0 Å². The second-order valence-corrected chi connectivity index (χ2v) is 10.1. The number of nitrogens with zero attached hydrogens (tertiary/aromatic N) is 1. The highest BCUT2D eigenvalue weighted by Gasteiger charge is 2.57. The number of rotatable bonds is 3. The molecular formula is C28H27ClN2O2. The Morgan fingerprint density at radius 2 is 1.79 bits per heavy atom. The molecule has 0 radical (unpaired) electrons. The highest BCUT2D eigenvalue weighted by Crippen LogP contribution is 2.52. The third-order valence-corrected chi connectivity index (χ3v) is 8.11. The molecule has 3 N–H and O–H groups in total. The van der Waals surface area contributed by atoms with E-state index >= 15 is 0 Å². The largest absolute Gasteiger partial charge is 0.508 e. The van der Waals surface area contributed by atoms with E-state index in [4.69, 9.17) is 11.6 Å². The molecule has 4 aromatic rings. The maximum Gasteiger partial charge on any atom is 0.115 e. The summed E-state index contributed by atoms with van der Waals surface area (Å²) >= 11 is 6.62. The molecule has 4 nitrogen and oxygen atoms in total. The molecule has 1 fully saturated rings. The highest BCUT2D eigenvalue weighted by molar-refractivity contribution is 6.35. The zero-order chi connectivity index (χ0) is 22.6. The Balaban J connectivity index is 1.47. The van der Waals surface area contributed by atoms with Crippen molar-refractivity contribution in [2.75, 3.05) is 13.1 Å². The van der Waals surface area contributed by atoms with Crippen LogP contribution in [0.5, 0.6) is 5.75 Å². The van der Waals surface area contributed by atoms with Crippen LogP contribution in [-0.2, 0) is 24.8 Å². The fraction of sp³-hybridized carbons (Fsp3) is 0.286. The summed E-state index contributed by atoms with van der Waals surface area (Å²) in [6.07, 6.45) is 2.02. The summed E-state index contributed by atoms with van der Waals surface area (Å²) in [7, 11) is 0. The van der Waals surface area contributed by atoms with Gasteiger partial charge in [-0.25, -0.2) is 0 Å². The van der Waals surface area contributed by atoms with Gasteiger partial charge in [-0.3, -0.25) is 4.90 Å². The molecule has 0 bridgehead atoms. The number of hydrogen-bond acceptors (Lipinski definition) is 3. The predicted molar refractivity (Wildman–Crippen MR) is 132 cm³/mol. The minimum atomic E-state index is -0.991. The molecule has 5 heteroatoms. The molecule has 168 valence electrons. The maximum absolute atomic E-state index is 12.5. The first-order valence-corrected chi connectivity index (χ1v) is 11.9. The van der Waals surface area contributed by atoms with E-state index in [0.717, 1.165) is 52.3 Å². The average Bonchev–Trinajstić information content (AvgIpc) is 3.15. The number of aliphatic hydroxyl groups is 1. The summed E-state index contributed by atoms with van der Waals surface area (Å²) in [5.74, 6) is 0.237. The third-order valence-electron chi connectivity index (χ3n) is 7.79. The van der Waals surface area contributed by atoms with Gasteiger partial charge in [-0.1, -0.05) is 60.1 Å². The number of phenols is 1. The van der Waals surface area contributed by atoms with Crippen LogP contribution in [0.25, 0.3) is 10.9 Å². The maximum atomic E-state index is 12.5. The van der Waals surface area contributed by atoms with Crippen molar-refractivity contribution in [1.82, 2.24) is 9.88 Å². The summed E-state index contributed by atoms with van der Waals surface area (Å²) in [6.45, 7) is 2.25. The molecular weight excluding hydrogens is 432 g/mol. The molecule has 0 spiro atoms. The number of likely N-dealkylation sites (tertiary alicyclic amines) is 1. The van der Waals surface area contributed by atoms with Crippen LogP contribution in [0.2, 0.25) is 5.02 Å². The minimum Gasteiger partial charge on any atom is -0.508 e. The van der Waals surface area contributed by atoms with Gasteiger partial charge in [0.15, 0.2) is 0 Å². The van der Waals surface area contributed by atoms with Crippen LogP contribution in [0.15, 0.2) is 72.8 Å². The number of fused-ring (bicyclic) bond motifs is 4. The van der Waals surface area contributed by atoms with Crippen LogP contribution < -0.4 is 0 Å². The fourth-order valence-corrected chi connectivity index (χ4v) is 6.51. The number of β-amino-alcohol motifs (C(OH)–C–C–N with tert-alkyl or cyclic N) is 1. The van der Waals surface area contributed by atoms with Crippen LogP contribution in [0.4, 0.5) is 0 Å². The van der Waals surface area contributed by atoms with Gasteiger partial charge in [0, 0.05) is 47.9 Å². The van der Waals surface area contributed by atoms with Crippen LogP contribution in [-0.4, -0.2) is 38.8 Å². The summed E-state index contributed by atoms with van der Waals surface area (Å²) in [5, 5.41) is 24.5. The van der Waals surface area contributed by atoms with E-state index in [-0.39, 0.29) is 5.75 Å². The fourth-order valence-electron chi connectivity index (χ4n) is 6.22. The molecule has 1 saturated heterocycles. The smallest absolute Gasteiger partial charge is 0.115 e. The van der Waals surface area contributed by atoms with Crippen LogP contribution in [0, 0.1) is 0 Å². The van der Waals surface area contributed by atoms with Crippen LogP contribution in [0.1, 0.15) is 28.8 Å². The lowest BCUT2D eigenvalue weighted by molar-refractivity contribution is -0.105. The Labute approximate surface area is 198 Å². The van der Waals surface area contributed by atoms with Gasteiger partial charge in [-0.15, -0.1) is 0 Å². The highest BCUT2D eigenvalue weighted by atomic mass is 35.5. The summed E-state index contributed by atoms with van der Waals surface area (Å²) < 4.78 is 0. The van der Waals surface area contributed by atoms with Crippen molar-refractivity contribution in [2.24, 2.45) is 0 Å². The van der Waals surface area contributed by atoms with E-state index in [0.29, 0.717) is 19.4 Å². The van der Waals surface area contributed by atoms with Gasteiger partial charge in [-0.2, -0.15) is 0 Å². The van der Waals surface area contributed by atoms with Gasteiger partial charge in [0.1, 0.15) is 5.75 Å². The number of aromatic hydroxyl groups is 1. The molecule has 1 aliphatic heterocycles. The number of halogens is 1. The second kappa shape index (κ2) is 7.63. The first-order valence-electron chi connectivity index (χ1n) is 11.5. The van der Waals surface area contributed by atoms with Crippen molar-refractivity contribution in [2.45, 2.75) is 36.8 Å². The summed E-state index contributed by atoms with van der Waals surface area (Å²) in [6, 6.07) is 23.8. The van der Waals surface area contributed by atoms with Crippen molar-refractivity contribution in [1.29, 1.82) is 0 Å². The molecule has 1 aliphatic carbocycles. The second-order valence-electron chi connectivity index (χ2n) is 9.71. The van der Waals surface area contributed by atoms with E-state index in [1.54, 1.807) is 6.07 Å². The molecule has 6 rings (SSSR count). The van der Waals surface area contributed by atoms with Crippen molar-refractivity contribution < 1.29 is 10.2 Å². The molecule has 0 saturated carbocycles. The normalized spacial score (nSPS) is 25.0. The average molecular weight is 459 g/mol. The van der Waals surface area contributed by atoms with E-state index < -0.39 is 11.0 Å². The number of nitrogens with one attached hydrogen (secondary N) is 1. The molecule has 1 aromatic heterocycles. The van der Waals surface area contributed by atoms with Gasteiger partial charge < -0.3 is 15.2 Å². The topological polar surface area (TPSA) is 59.5 Å². The predicted octanol–water partition coefficient (Wildman–Crippen LogP) is 5.20. The Bertz CT molecular complexity index is 1330. The third kappa shape index (κ3) is 3.28. The number of H-pyrrole nitrogens is 1. The number of phenolic OH excluding ortho intramolecular Hbond substituents is 1. The first kappa shape index (κ1) is 20.8. The van der Waals surface area contributed by atoms with Gasteiger partial charge >= 0.3 is 0 Å². The molecule has 0 unspecified atom stereocenters. The summed E-state index contributed by atoms with van der Waals surface area (Å²) in [4.78, 5) is 5.95. The molecule has 2 aliphatic rings. The molecule has 3 aromatic carbocycles. The number of piperidine rings is 1. The zero-order valence-electron chi connectivity index (χ0n) is 18.4. The summed E-state index contributed by atoms with van der Waals surface area (Å²) in [5.41, 5.74) is 4.05. The van der Waals surface area contributed by atoms with Crippen LogP contribution >= 0.6 is 11.6 Å². The lowest BCUT2D eigenvalue weighted by Crippen LogP contribution is -2.66. The Morgan fingerprint density at radius 1 is 0.970 bits per heavy atom. The molecule has 2 atom stereocenters. The molecule has 0 amide bonds. The SMILES string of the molecule is Oc1cccc([C@@]23CCN(Cc4ccccc4)C[C@@]2(O)Cc2c([nH]c4cccc(Cl)c24)C3)c1. The quantitative estimate of drug-likeness (QED) is 0.395. The first-order chi connectivity index (χ1) is 16.0. The minimum absolute atomic E-state index is 0.237.